The number of rotatable bonds is 11. The third-order valence-electron chi connectivity index (χ3n) is 8.69. The summed E-state index contributed by atoms with van der Waals surface area (Å²) in [5, 5.41) is 23.1. The van der Waals surface area contributed by atoms with Gasteiger partial charge in [0.15, 0.2) is 0 Å². The molecular weight excluding hydrogens is 669 g/mol. The van der Waals surface area contributed by atoms with Gasteiger partial charge in [-0.25, -0.2) is 0 Å². The van der Waals surface area contributed by atoms with Gasteiger partial charge in [0.25, 0.3) is 0 Å². The van der Waals surface area contributed by atoms with Gasteiger partial charge in [-0.2, -0.15) is 0 Å². The quantitative estimate of drug-likeness (QED) is 0.0845. The van der Waals surface area contributed by atoms with E-state index in [-0.39, 0.29) is 51.6 Å². The molecule has 0 spiro atoms. The Bertz CT molecular complexity index is 1220. The Morgan fingerprint density at radius 3 is 2.76 bits per heavy atom. The van der Waals surface area contributed by atoms with E-state index in [9.17, 15) is 19.6 Å². The van der Waals surface area contributed by atoms with E-state index in [4.69, 9.17) is 11.6 Å². The van der Waals surface area contributed by atoms with Crippen molar-refractivity contribution >= 4 is 17.9 Å². The van der Waals surface area contributed by atoms with E-state index < -0.39 is 37.5 Å². The van der Waals surface area contributed by atoms with Gasteiger partial charge in [0.1, 0.15) is 0 Å². The average molecular weight is 710 g/mol. The van der Waals surface area contributed by atoms with Gasteiger partial charge < -0.3 is 0 Å². The average Bonchev–Trinajstić information content (AvgIpc) is 2.97. The number of hydrogen-bond acceptors (Lipinski definition) is 4. The number of nitrogens with one attached hydrogen (secondary N) is 1. The first kappa shape index (κ1) is 33.0. The van der Waals surface area contributed by atoms with Gasteiger partial charge in [-0.05, 0) is 0 Å². The van der Waals surface area contributed by atoms with Crippen LogP contribution in [0, 0.1) is 40.9 Å². The Labute approximate surface area is 264 Å². The second-order valence-corrected chi connectivity index (χ2v) is 15.7. The maximum atomic E-state index is 15.5. The van der Waals surface area contributed by atoms with Crippen molar-refractivity contribution in [3.05, 3.63) is 83.3 Å². The van der Waals surface area contributed by atoms with E-state index in [1.807, 2.05) is 36.5 Å². The molecule has 0 aromatic heterocycles. The van der Waals surface area contributed by atoms with Crippen LogP contribution in [-0.2, 0) is 4.79 Å². The predicted molar refractivity (Wildman–Crippen MR) is 160 cm³/mol. The van der Waals surface area contributed by atoms with E-state index in [1.54, 1.807) is 0 Å². The molecule has 0 amide bonds. The molecule has 0 radical (unpaired) electrons. The summed E-state index contributed by atoms with van der Waals surface area (Å²) in [5.41, 5.74) is 1.98. The first-order valence-corrected chi connectivity index (χ1v) is 17.9. The predicted octanol–water partition coefficient (Wildman–Crippen LogP) is 4.16. The normalized spacial score (nSPS) is 31.9. The molecule has 4 rings (SSSR count). The third-order valence-corrected chi connectivity index (χ3v) is 11.9. The summed E-state index contributed by atoms with van der Waals surface area (Å²) in [6.07, 6.45) is 23.1. The zero-order valence-corrected chi connectivity index (χ0v) is 26.9. The Balaban J connectivity index is 1.55. The molecule has 0 heterocycles. The van der Waals surface area contributed by atoms with Crippen LogP contribution < -0.4 is 26.5 Å². The van der Waals surface area contributed by atoms with Crippen molar-refractivity contribution in [3.8, 4) is 6.07 Å². The molecule has 42 heavy (non-hydrogen) atoms. The van der Waals surface area contributed by atoms with Crippen LogP contribution in [0.15, 0.2) is 83.3 Å². The van der Waals surface area contributed by atoms with Gasteiger partial charge in [0.05, 0.1) is 5.38 Å². The summed E-state index contributed by atoms with van der Waals surface area (Å²) in [5.74, 6) is -0.802. The van der Waals surface area contributed by atoms with Crippen LogP contribution in [0.25, 0.3) is 0 Å². The molecule has 0 bridgehead atoms. The molecule has 9 unspecified atom stereocenters. The van der Waals surface area contributed by atoms with Crippen LogP contribution in [0.5, 0.6) is 0 Å². The van der Waals surface area contributed by atoms with Crippen molar-refractivity contribution in [3.63, 3.8) is 0 Å². The van der Waals surface area contributed by atoms with Crippen molar-refractivity contribution in [1.29, 1.82) is 5.26 Å². The molecule has 4 aliphatic rings. The van der Waals surface area contributed by atoms with Crippen LogP contribution in [0.1, 0.15) is 51.9 Å². The molecule has 4 nitrogen and oxygen atoms in total. The Morgan fingerprint density at radius 2 is 2.02 bits per heavy atom. The fourth-order valence-electron chi connectivity index (χ4n) is 6.48. The minimum atomic E-state index is -1.25. The molecule has 228 valence electrons. The second kappa shape index (κ2) is 16.3. The van der Waals surface area contributed by atoms with Gasteiger partial charge in [-0.1, -0.05) is 0 Å². The van der Waals surface area contributed by atoms with Crippen LogP contribution in [0.2, 0.25) is 0 Å². The van der Waals surface area contributed by atoms with Gasteiger partial charge in [0.2, 0.25) is 0 Å². The monoisotopic (exact) mass is 709 g/mol. The minimum absolute atomic E-state index is 0.0242. The maximum absolute atomic E-state index is 15.5. The summed E-state index contributed by atoms with van der Waals surface area (Å²) in [7, 11) is 0. The van der Waals surface area contributed by atoms with Gasteiger partial charge in [0, 0.05) is 0 Å². The van der Waals surface area contributed by atoms with E-state index in [1.165, 1.54) is 12.2 Å². The number of carbonyl (C=O) groups is 1. The number of aliphatic hydroxyl groups is 1. The fourth-order valence-corrected chi connectivity index (χ4v) is 9.21. The Kier molecular flexibility index (Phi) is 12.8. The zero-order chi connectivity index (χ0) is 30.1. The summed E-state index contributed by atoms with van der Waals surface area (Å²) in [4.78, 5) is 12.0. The van der Waals surface area contributed by atoms with Crippen LogP contribution >= 0.6 is 11.6 Å². The molecule has 0 fully saturated rings. The topological polar surface area (TPSA) is 73.1 Å². The number of nitrogens with zero attached hydrogens (tertiary/aromatic N) is 1. The number of alkyl halides is 4. The summed E-state index contributed by atoms with van der Waals surface area (Å²) < 4.78 is 29.8. The van der Waals surface area contributed by atoms with Crippen LogP contribution in [0.3, 0.4) is 0 Å². The molecule has 0 aromatic carbocycles. The van der Waals surface area contributed by atoms with Crippen molar-refractivity contribution in [2.45, 2.75) is 71.6 Å². The molecule has 0 aromatic rings. The number of carbonyl (C=O) groups excluding carboxylic acids is 1. The summed E-state index contributed by atoms with van der Waals surface area (Å²) in [6, 6.07) is 2.18. The molecule has 4 aliphatic carbocycles. The van der Waals surface area contributed by atoms with Gasteiger partial charge >= 0.3 is 248 Å². The molecule has 2 N–H and O–H groups in total. The Morgan fingerprint density at radius 1 is 1.19 bits per heavy atom. The zero-order valence-electron chi connectivity index (χ0n) is 24.0. The van der Waals surface area contributed by atoms with Crippen molar-refractivity contribution in [2.75, 3.05) is 6.54 Å². The summed E-state index contributed by atoms with van der Waals surface area (Å²) >= 11 is 5.69. The molecular formula is C34H41ClF2IN2O2-. The van der Waals surface area contributed by atoms with Gasteiger partial charge in [-0.3, -0.25) is 0 Å². The van der Waals surface area contributed by atoms with Crippen molar-refractivity contribution < 1.29 is 39.9 Å². The number of aliphatic hydroxyl groups excluding tert-OH is 1. The number of hydrogen-bond donors (Lipinski definition) is 2. The van der Waals surface area contributed by atoms with Crippen LogP contribution in [0.4, 0.5) is 8.78 Å². The number of nitriles is 1. The molecule has 0 saturated heterocycles. The number of halogens is 4. The first-order valence-electron chi connectivity index (χ1n) is 15.0. The van der Waals surface area contributed by atoms with E-state index >= 15 is 4.39 Å². The van der Waals surface area contributed by atoms with E-state index in [2.05, 4.69) is 30.5 Å². The molecule has 0 aliphatic heterocycles. The van der Waals surface area contributed by atoms with Crippen molar-refractivity contribution in [2.24, 2.45) is 29.6 Å². The standard InChI is InChI=1S/C34H41ClF2IN2O2/c1-22-4-2-5-23(21-40-34(42)38-28-7-3-6-24(18-28)20-39)8-14-29(22)33(31-19-27(36)13-15-32(31)37)30(16-17-41)25-9-11-26(35)12-10-25/h3,6,8-11,14-15,17-19,22-23,26-30,33-34,40,42H,2,4-5,7,12-13,16,21H2,1H3/q-1. The summed E-state index contributed by atoms with van der Waals surface area (Å²) in [6.45, 7) is 2.79. The van der Waals surface area contributed by atoms with Gasteiger partial charge in [-0.15, -0.1) is 11.6 Å². The molecule has 0 saturated carbocycles. The first-order chi connectivity index (χ1) is 20.3. The number of aldehydes is 1. The molecule has 9 atom stereocenters. The Hall–Kier alpha value is -1.86. The fraction of sp³-hybridized carbons (Fsp3) is 0.529. The second-order valence-electron chi connectivity index (χ2n) is 11.7. The van der Waals surface area contributed by atoms with E-state index in [0.717, 1.165) is 37.5 Å². The SMILES string of the molecule is CC1CCCC(CNC(O)[I-]C2C=C(C#N)C=CC2)C=CC1C(C1=CC(F)CC=C1F)C(CC=O)C1=CCC(Cl)C=C1. The third kappa shape index (κ3) is 9.07. The van der Waals surface area contributed by atoms with E-state index in [0.29, 0.717) is 24.1 Å². The van der Waals surface area contributed by atoms with Crippen molar-refractivity contribution in [1.82, 2.24) is 5.32 Å². The number of allylic oxidation sites excluding steroid dienone is 13. The molecule has 8 heteroatoms. The van der Waals surface area contributed by atoms with Crippen LogP contribution in [-0.4, -0.2) is 37.6 Å².